The van der Waals surface area contributed by atoms with Crippen LogP contribution in [0.4, 0.5) is 0 Å². The summed E-state index contributed by atoms with van der Waals surface area (Å²) in [5.41, 5.74) is -0.407. The van der Waals surface area contributed by atoms with Crippen LogP contribution in [0.25, 0.3) is 0 Å². The number of carbonyl (C=O) groups excluding carboxylic acids is 2. The van der Waals surface area contributed by atoms with Crippen LogP contribution in [0, 0.1) is 5.41 Å². The van der Waals surface area contributed by atoms with E-state index in [0.29, 0.717) is 6.42 Å². The van der Waals surface area contributed by atoms with Gasteiger partial charge < -0.3 is 9.47 Å². The van der Waals surface area contributed by atoms with Crippen LogP contribution >= 0.6 is 0 Å². The number of methoxy groups -OCH3 is 1. The topological polar surface area (TPSA) is 65.0 Å². The van der Waals surface area contributed by atoms with Crippen molar-refractivity contribution in [1.29, 1.82) is 0 Å². The van der Waals surface area contributed by atoms with Crippen LogP contribution in [-0.2, 0) is 19.1 Å². The van der Waals surface area contributed by atoms with Gasteiger partial charge >= 0.3 is 11.9 Å². The van der Waals surface area contributed by atoms with Crippen LogP contribution in [0.2, 0.25) is 0 Å². The Kier molecular flexibility index (Phi) is 14.8. The van der Waals surface area contributed by atoms with Crippen LogP contribution < -0.4 is 0 Å². The number of nitrogens with zero attached hydrogens (tertiary/aromatic N) is 1. The second-order valence-electron chi connectivity index (χ2n) is 8.06. The molecule has 0 amide bonds. The molecule has 27 heavy (non-hydrogen) atoms. The zero-order valence-electron chi connectivity index (χ0n) is 18.2. The summed E-state index contributed by atoms with van der Waals surface area (Å²) >= 11 is 0. The number of carbonyl (C=O) groups is 2. The Morgan fingerprint density at radius 3 is 2.00 bits per heavy atom. The summed E-state index contributed by atoms with van der Waals surface area (Å²) in [7, 11) is 1.34. The van der Waals surface area contributed by atoms with Crippen LogP contribution in [0.3, 0.4) is 0 Å². The molecule has 158 valence electrons. The molecule has 0 bridgehead atoms. The number of hydrogen-bond acceptors (Lipinski definition) is 5. The molecular weight excluding hydrogens is 342 g/mol. The molecule has 0 saturated carbocycles. The maximum absolute atomic E-state index is 11.9. The molecule has 0 N–H and O–H groups in total. The van der Waals surface area contributed by atoms with Crippen LogP contribution in [0.1, 0.15) is 98.3 Å². The Morgan fingerprint density at radius 2 is 1.48 bits per heavy atom. The number of aliphatic imine (C=N–C) groups is 1. The number of ether oxygens (including phenoxy) is 2. The van der Waals surface area contributed by atoms with E-state index < -0.39 is 11.5 Å². The van der Waals surface area contributed by atoms with Crippen molar-refractivity contribution in [3.63, 3.8) is 0 Å². The highest BCUT2D eigenvalue weighted by molar-refractivity contribution is 5.78. The standard InChI is InChI=1S/C22H41NO4/c1-6-7-8-9-10-11-12-13-14-15-16-20(24)27-18-22(3,4)17-23-19(2)21(25)26-5/h17,19H,6-16,18H2,1-5H3. The number of esters is 2. The van der Waals surface area contributed by atoms with Gasteiger partial charge in [0.15, 0.2) is 0 Å². The normalized spacial score (nSPS) is 12.9. The average Bonchev–Trinajstić information content (AvgIpc) is 2.65. The van der Waals surface area contributed by atoms with Gasteiger partial charge in [-0.05, 0) is 13.3 Å². The lowest BCUT2D eigenvalue weighted by Crippen LogP contribution is -2.25. The number of hydrogen-bond donors (Lipinski definition) is 0. The quantitative estimate of drug-likeness (QED) is 0.200. The van der Waals surface area contributed by atoms with E-state index in [2.05, 4.69) is 16.7 Å². The molecular formula is C22H41NO4. The molecule has 0 radical (unpaired) electrons. The van der Waals surface area contributed by atoms with Crippen molar-refractivity contribution in [1.82, 2.24) is 0 Å². The second kappa shape index (κ2) is 15.6. The molecule has 0 aromatic carbocycles. The molecule has 0 aliphatic carbocycles. The van der Waals surface area contributed by atoms with E-state index in [4.69, 9.17) is 4.74 Å². The average molecular weight is 384 g/mol. The fourth-order valence-electron chi connectivity index (χ4n) is 2.68. The SMILES string of the molecule is CCCCCCCCCCCCC(=O)OCC(C)(C)C=NC(C)C(=O)OC. The van der Waals surface area contributed by atoms with E-state index in [9.17, 15) is 9.59 Å². The first-order valence-electron chi connectivity index (χ1n) is 10.6. The van der Waals surface area contributed by atoms with Gasteiger partial charge in [-0.25, -0.2) is 4.79 Å². The highest BCUT2D eigenvalue weighted by Crippen LogP contribution is 2.15. The van der Waals surface area contributed by atoms with E-state index in [0.717, 1.165) is 12.8 Å². The molecule has 0 aliphatic heterocycles. The molecule has 0 aromatic rings. The van der Waals surface area contributed by atoms with Crippen molar-refractivity contribution >= 4 is 18.2 Å². The largest absolute Gasteiger partial charge is 0.467 e. The van der Waals surface area contributed by atoms with Gasteiger partial charge in [0.2, 0.25) is 0 Å². The summed E-state index contributed by atoms with van der Waals surface area (Å²) < 4.78 is 10.0. The number of unbranched alkanes of at least 4 members (excludes halogenated alkanes) is 9. The molecule has 0 aromatic heterocycles. The van der Waals surface area contributed by atoms with Crippen LogP contribution in [-0.4, -0.2) is 37.9 Å². The maximum Gasteiger partial charge on any atom is 0.330 e. The smallest absolute Gasteiger partial charge is 0.330 e. The van der Waals surface area contributed by atoms with Gasteiger partial charge in [0.05, 0.1) is 7.11 Å². The Hall–Kier alpha value is -1.39. The van der Waals surface area contributed by atoms with E-state index in [1.165, 1.54) is 58.5 Å². The van der Waals surface area contributed by atoms with Gasteiger partial charge in [-0.1, -0.05) is 78.6 Å². The lowest BCUT2D eigenvalue weighted by Gasteiger charge is -2.19. The molecule has 1 unspecified atom stereocenters. The van der Waals surface area contributed by atoms with Crippen molar-refractivity contribution in [2.45, 2.75) is 104 Å². The van der Waals surface area contributed by atoms with E-state index in [-0.39, 0.29) is 18.5 Å². The van der Waals surface area contributed by atoms with Crippen molar-refractivity contribution < 1.29 is 19.1 Å². The highest BCUT2D eigenvalue weighted by atomic mass is 16.5. The van der Waals surface area contributed by atoms with E-state index >= 15 is 0 Å². The highest BCUT2D eigenvalue weighted by Gasteiger charge is 2.19. The maximum atomic E-state index is 11.9. The predicted octanol–water partition coefficient (Wildman–Crippen LogP) is 5.50. The molecule has 0 saturated heterocycles. The van der Waals surface area contributed by atoms with Gasteiger partial charge in [0, 0.05) is 18.1 Å². The first kappa shape index (κ1) is 25.6. The molecule has 0 aliphatic rings. The summed E-state index contributed by atoms with van der Waals surface area (Å²) in [6.07, 6.45) is 14.6. The van der Waals surface area contributed by atoms with Gasteiger partial charge in [-0.3, -0.25) is 9.79 Å². The minimum Gasteiger partial charge on any atom is -0.467 e. The van der Waals surface area contributed by atoms with Crippen LogP contribution in [0.15, 0.2) is 4.99 Å². The molecule has 1 atom stereocenters. The Labute approximate surface area is 166 Å². The summed E-state index contributed by atoms with van der Waals surface area (Å²) in [5, 5.41) is 0. The van der Waals surface area contributed by atoms with Crippen molar-refractivity contribution in [3.05, 3.63) is 0 Å². The fourth-order valence-corrected chi connectivity index (χ4v) is 2.68. The van der Waals surface area contributed by atoms with Crippen molar-refractivity contribution in [2.24, 2.45) is 10.4 Å². The lowest BCUT2D eigenvalue weighted by atomic mass is 9.97. The van der Waals surface area contributed by atoms with E-state index in [1.807, 2.05) is 13.8 Å². The molecule has 0 fully saturated rings. The summed E-state index contributed by atoms with van der Waals surface area (Å²) in [4.78, 5) is 27.4. The minimum atomic E-state index is -0.545. The predicted molar refractivity (Wildman–Crippen MR) is 111 cm³/mol. The Balaban J connectivity index is 3.75. The van der Waals surface area contributed by atoms with Gasteiger partial charge in [0.1, 0.15) is 12.6 Å². The first-order valence-corrected chi connectivity index (χ1v) is 10.6. The van der Waals surface area contributed by atoms with Crippen molar-refractivity contribution in [3.8, 4) is 0 Å². The first-order chi connectivity index (χ1) is 12.8. The summed E-state index contributed by atoms with van der Waals surface area (Å²) in [6.45, 7) is 8.03. The molecule has 0 heterocycles. The van der Waals surface area contributed by atoms with Gasteiger partial charge in [0.25, 0.3) is 0 Å². The third-order valence-corrected chi connectivity index (χ3v) is 4.53. The molecule has 5 heteroatoms. The van der Waals surface area contributed by atoms with E-state index in [1.54, 1.807) is 13.1 Å². The third kappa shape index (κ3) is 15.4. The summed E-state index contributed by atoms with van der Waals surface area (Å²) in [6, 6.07) is -0.545. The van der Waals surface area contributed by atoms with Gasteiger partial charge in [-0.2, -0.15) is 0 Å². The number of rotatable bonds is 16. The van der Waals surface area contributed by atoms with Crippen molar-refractivity contribution in [2.75, 3.05) is 13.7 Å². The zero-order chi connectivity index (χ0) is 20.5. The fraction of sp³-hybridized carbons (Fsp3) is 0.864. The second-order valence-corrected chi connectivity index (χ2v) is 8.06. The lowest BCUT2D eigenvalue weighted by molar-refractivity contribution is -0.145. The Morgan fingerprint density at radius 1 is 0.963 bits per heavy atom. The zero-order valence-corrected chi connectivity index (χ0v) is 18.2. The third-order valence-electron chi connectivity index (χ3n) is 4.53. The molecule has 0 rings (SSSR count). The summed E-state index contributed by atoms with van der Waals surface area (Å²) in [5.74, 6) is -0.530. The van der Waals surface area contributed by atoms with Crippen LogP contribution in [0.5, 0.6) is 0 Å². The monoisotopic (exact) mass is 383 g/mol. The minimum absolute atomic E-state index is 0.156. The van der Waals surface area contributed by atoms with Gasteiger partial charge in [-0.15, -0.1) is 0 Å². The molecule has 5 nitrogen and oxygen atoms in total. The Bertz CT molecular complexity index is 432. The molecule has 0 spiro atoms.